The Labute approximate surface area is 178 Å². The Morgan fingerprint density at radius 3 is 2.73 bits per heavy atom. The molecule has 1 heterocycles. The molecular formula is C21H22ClFN4O3. The van der Waals surface area contributed by atoms with Crippen molar-refractivity contribution in [1.29, 1.82) is 0 Å². The summed E-state index contributed by atoms with van der Waals surface area (Å²) in [5, 5.41) is 3.85. The molecule has 3 rings (SSSR count). The lowest BCUT2D eigenvalue weighted by Gasteiger charge is -2.14. The van der Waals surface area contributed by atoms with Gasteiger partial charge in [0.2, 0.25) is 5.91 Å². The first-order chi connectivity index (χ1) is 14.5. The number of halogens is 2. The van der Waals surface area contributed by atoms with Crippen LogP contribution in [0.2, 0.25) is 5.02 Å². The maximum absolute atomic E-state index is 13.4. The smallest absolute Gasteiger partial charge is 0.217 e. The van der Waals surface area contributed by atoms with Gasteiger partial charge < -0.3 is 20.5 Å². The summed E-state index contributed by atoms with van der Waals surface area (Å²) >= 11 is 5.86. The standard InChI is InChI=1S/C21H22ClFN4O3/c1-29-18-10-14-17(11-19(18)30-8-4-2-3-5-20(24)28)25-12-26-21(14)27-13-6-7-16(23)15(22)9-13/h6-7,9-12H,2-5,8H2,1H3,(H2,24,28)(H,25,26,27). The minimum atomic E-state index is -0.493. The number of nitrogens with zero attached hydrogens (tertiary/aromatic N) is 2. The molecule has 0 unspecified atom stereocenters. The molecule has 1 amide bonds. The highest BCUT2D eigenvalue weighted by Gasteiger charge is 2.12. The van der Waals surface area contributed by atoms with Gasteiger partial charge in [0.05, 0.1) is 24.3 Å². The largest absolute Gasteiger partial charge is 0.493 e. The first-order valence-electron chi connectivity index (χ1n) is 9.44. The van der Waals surface area contributed by atoms with E-state index in [2.05, 4.69) is 15.3 Å². The van der Waals surface area contributed by atoms with Crippen LogP contribution in [-0.2, 0) is 4.79 Å². The van der Waals surface area contributed by atoms with E-state index in [9.17, 15) is 9.18 Å². The summed E-state index contributed by atoms with van der Waals surface area (Å²) in [6.45, 7) is 0.477. The van der Waals surface area contributed by atoms with E-state index in [4.69, 9.17) is 26.8 Å². The number of ether oxygens (including phenoxy) is 2. The van der Waals surface area contributed by atoms with Gasteiger partial charge in [-0.15, -0.1) is 0 Å². The summed E-state index contributed by atoms with van der Waals surface area (Å²) in [5.41, 5.74) is 6.39. The van der Waals surface area contributed by atoms with Crippen LogP contribution in [0.15, 0.2) is 36.7 Å². The van der Waals surface area contributed by atoms with Crippen molar-refractivity contribution in [3.8, 4) is 11.5 Å². The van der Waals surface area contributed by atoms with Gasteiger partial charge in [0.15, 0.2) is 11.5 Å². The van der Waals surface area contributed by atoms with Crippen molar-refractivity contribution in [1.82, 2.24) is 9.97 Å². The Morgan fingerprint density at radius 2 is 2.00 bits per heavy atom. The Hall–Kier alpha value is -3.13. The van der Waals surface area contributed by atoms with Crippen molar-refractivity contribution >= 4 is 39.9 Å². The molecule has 0 aliphatic carbocycles. The molecule has 0 spiro atoms. The van der Waals surface area contributed by atoms with Crippen LogP contribution in [0, 0.1) is 5.82 Å². The topological polar surface area (TPSA) is 99.4 Å². The molecule has 0 aliphatic heterocycles. The van der Waals surface area contributed by atoms with Gasteiger partial charge in [-0.3, -0.25) is 4.79 Å². The predicted molar refractivity (Wildman–Crippen MR) is 114 cm³/mol. The highest BCUT2D eigenvalue weighted by Crippen LogP contribution is 2.35. The second-order valence-corrected chi connectivity index (χ2v) is 7.03. The number of aromatic nitrogens is 2. The highest BCUT2D eigenvalue weighted by atomic mass is 35.5. The van der Waals surface area contributed by atoms with Gasteiger partial charge in [-0.05, 0) is 43.5 Å². The predicted octanol–water partition coefficient (Wildman–Crippen LogP) is 4.60. The summed E-state index contributed by atoms with van der Waals surface area (Å²) in [5.74, 6) is 0.843. The Morgan fingerprint density at radius 1 is 1.17 bits per heavy atom. The van der Waals surface area contributed by atoms with Crippen LogP contribution in [0.5, 0.6) is 11.5 Å². The van der Waals surface area contributed by atoms with Crippen LogP contribution in [0.1, 0.15) is 25.7 Å². The third kappa shape index (κ3) is 5.48. The number of nitrogens with two attached hydrogens (primary N) is 1. The number of benzene rings is 2. The number of carbonyl (C=O) groups excluding carboxylic acids is 1. The third-order valence-corrected chi connectivity index (χ3v) is 4.72. The van der Waals surface area contributed by atoms with Crippen LogP contribution >= 0.6 is 11.6 Å². The molecule has 1 aromatic heterocycles. The van der Waals surface area contributed by atoms with Crippen LogP contribution in [0.25, 0.3) is 10.9 Å². The molecule has 0 fully saturated rings. The number of primary amides is 1. The maximum atomic E-state index is 13.4. The van der Waals surface area contributed by atoms with E-state index >= 15 is 0 Å². The number of methoxy groups -OCH3 is 1. The molecule has 7 nitrogen and oxygen atoms in total. The fourth-order valence-electron chi connectivity index (χ4n) is 2.91. The van der Waals surface area contributed by atoms with Crippen molar-refractivity contribution in [2.24, 2.45) is 5.73 Å². The van der Waals surface area contributed by atoms with E-state index in [-0.39, 0.29) is 10.9 Å². The van der Waals surface area contributed by atoms with Gasteiger partial charge >= 0.3 is 0 Å². The van der Waals surface area contributed by atoms with Gasteiger partial charge in [-0.2, -0.15) is 0 Å². The molecule has 0 radical (unpaired) electrons. The van der Waals surface area contributed by atoms with Crippen molar-refractivity contribution in [2.45, 2.75) is 25.7 Å². The molecule has 3 aromatic rings. The van der Waals surface area contributed by atoms with Gasteiger partial charge in [0.25, 0.3) is 0 Å². The number of nitrogens with one attached hydrogen (secondary N) is 1. The summed E-state index contributed by atoms with van der Waals surface area (Å²) in [7, 11) is 1.55. The lowest BCUT2D eigenvalue weighted by Crippen LogP contribution is -2.09. The van der Waals surface area contributed by atoms with E-state index in [1.165, 1.54) is 18.5 Å². The number of carbonyl (C=O) groups is 1. The lowest BCUT2D eigenvalue weighted by molar-refractivity contribution is -0.118. The van der Waals surface area contributed by atoms with Crippen LogP contribution in [0.4, 0.5) is 15.9 Å². The molecule has 0 bridgehead atoms. The summed E-state index contributed by atoms with van der Waals surface area (Å²) in [6, 6.07) is 7.90. The monoisotopic (exact) mass is 432 g/mol. The Balaban J connectivity index is 1.76. The molecule has 0 saturated heterocycles. The Bertz CT molecular complexity index is 1050. The molecule has 30 heavy (non-hydrogen) atoms. The van der Waals surface area contributed by atoms with Gasteiger partial charge in [0, 0.05) is 23.6 Å². The normalized spacial score (nSPS) is 10.8. The molecule has 9 heteroatoms. The SMILES string of the molecule is COc1cc2c(Nc3ccc(F)c(Cl)c3)ncnc2cc1OCCCCCC(N)=O. The summed E-state index contributed by atoms with van der Waals surface area (Å²) in [6.07, 6.45) is 4.18. The third-order valence-electron chi connectivity index (χ3n) is 4.43. The number of fused-ring (bicyclic) bond motifs is 1. The number of rotatable bonds is 10. The fourth-order valence-corrected chi connectivity index (χ4v) is 3.09. The van der Waals surface area contributed by atoms with Gasteiger partial charge in [0.1, 0.15) is 18.0 Å². The average molecular weight is 433 g/mol. The van der Waals surface area contributed by atoms with Crippen molar-refractivity contribution < 1.29 is 18.7 Å². The first-order valence-corrected chi connectivity index (χ1v) is 9.81. The number of hydrogen-bond donors (Lipinski definition) is 2. The van der Waals surface area contributed by atoms with Crippen LogP contribution in [-0.4, -0.2) is 29.6 Å². The second-order valence-electron chi connectivity index (χ2n) is 6.62. The maximum Gasteiger partial charge on any atom is 0.217 e. The second kappa shape index (κ2) is 10.1. The van der Waals surface area contributed by atoms with E-state index in [1.54, 1.807) is 25.3 Å². The molecule has 0 saturated carbocycles. The zero-order chi connectivity index (χ0) is 21.5. The molecule has 0 atom stereocenters. The van der Waals surface area contributed by atoms with Crippen molar-refractivity contribution in [3.05, 3.63) is 47.5 Å². The number of hydrogen-bond acceptors (Lipinski definition) is 6. The summed E-state index contributed by atoms with van der Waals surface area (Å²) < 4.78 is 24.7. The van der Waals surface area contributed by atoms with Gasteiger partial charge in [-0.25, -0.2) is 14.4 Å². The zero-order valence-corrected chi connectivity index (χ0v) is 17.2. The molecule has 158 valence electrons. The van der Waals surface area contributed by atoms with Crippen molar-refractivity contribution in [2.75, 3.05) is 19.0 Å². The molecule has 2 aromatic carbocycles. The first kappa shape index (κ1) is 21.6. The molecule has 0 aliphatic rings. The van der Waals surface area contributed by atoms with Crippen LogP contribution < -0.4 is 20.5 Å². The van der Waals surface area contributed by atoms with Gasteiger partial charge in [-0.1, -0.05) is 11.6 Å². The van der Waals surface area contributed by atoms with Crippen molar-refractivity contribution in [3.63, 3.8) is 0 Å². The van der Waals surface area contributed by atoms with E-state index < -0.39 is 5.82 Å². The van der Waals surface area contributed by atoms with E-state index in [0.29, 0.717) is 46.9 Å². The Kier molecular flexibility index (Phi) is 7.24. The molecular weight excluding hydrogens is 411 g/mol. The van der Waals surface area contributed by atoms with E-state index in [1.807, 2.05) is 0 Å². The highest BCUT2D eigenvalue weighted by molar-refractivity contribution is 6.31. The zero-order valence-electron chi connectivity index (χ0n) is 16.5. The minimum Gasteiger partial charge on any atom is -0.493 e. The molecule has 3 N–H and O–H groups in total. The van der Waals surface area contributed by atoms with Crippen LogP contribution in [0.3, 0.4) is 0 Å². The quantitative estimate of drug-likeness (QED) is 0.454. The minimum absolute atomic E-state index is 0.0162. The lowest BCUT2D eigenvalue weighted by atomic mass is 10.2. The summed E-state index contributed by atoms with van der Waals surface area (Å²) in [4.78, 5) is 19.4. The number of unbranched alkanes of at least 4 members (excludes halogenated alkanes) is 2. The average Bonchev–Trinajstić information content (AvgIpc) is 2.72. The fraction of sp³-hybridized carbons (Fsp3) is 0.286. The van der Waals surface area contributed by atoms with E-state index in [0.717, 1.165) is 19.3 Å². The number of anilines is 2. The number of amides is 1.